The Morgan fingerprint density at radius 2 is 2.21 bits per heavy atom. The van der Waals surface area contributed by atoms with Gasteiger partial charge in [0, 0.05) is 30.5 Å². The molecule has 1 unspecified atom stereocenters. The zero-order valence-electron chi connectivity index (χ0n) is 11.1. The molecule has 19 heavy (non-hydrogen) atoms. The summed E-state index contributed by atoms with van der Waals surface area (Å²) in [5.41, 5.74) is 0.546. The molecule has 2 nitrogen and oxygen atoms in total. The van der Waals surface area contributed by atoms with Crippen molar-refractivity contribution in [3.05, 3.63) is 34.6 Å². The van der Waals surface area contributed by atoms with Gasteiger partial charge in [0.05, 0.1) is 11.7 Å². The lowest BCUT2D eigenvalue weighted by Crippen LogP contribution is -2.52. The molecule has 2 rings (SSSR count). The van der Waals surface area contributed by atoms with Crippen molar-refractivity contribution in [3.63, 3.8) is 0 Å². The maximum atomic E-state index is 13.3. The molecule has 0 aromatic heterocycles. The third-order valence-corrected chi connectivity index (χ3v) is 3.84. The van der Waals surface area contributed by atoms with Gasteiger partial charge in [0.15, 0.2) is 0 Å². The third-order valence-electron chi connectivity index (χ3n) is 3.13. The summed E-state index contributed by atoms with van der Waals surface area (Å²) in [5.74, 6) is 0.192. The minimum Gasteiger partial charge on any atom is -0.368 e. The second-order valence-electron chi connectivity index (χ2n) is 5.56. The van der Waals surface area contributed by atoms with E-state index in [4.69, 9.17) is 27.9 Å². The molecule has 1 fully saturated rings. The van der Waals surface area contributed by atoms with E-state index in [-0.39, 0.29) is 17.5 Å². The molecular weight excluding hydrogens is 288 g/mol. The molecule has 5 heteroatoms. The van der Waals surface area contributed by atoms with E-state index < -0.39 is 0 Å². The van der Waals surface area contributed by atoms with E-state index in [9.17, 15) is 4.39 Å². The van der Waals surface area contributed by atoms with Crippen LogP contribution in [0.2, 0.25) is 5.02 Å². The first-order valence-corrected chi connectivity index (χ1v) is 7.21. The molecule has 1 aromatic rings. The summed E-state index contributed by atoms with van der Waals surface area (Å²) >= 11 is 12.0. The fourth-order valence-corrected chi connectivity index (χ4v) is 2.86. The quantitative estimate of drug-likeness (QED) is 0.790. The molecule has 0 radical (unpaired) electrons. The largest absolute Gasteiger partial charge is 0.368 e. The lowest BCUT2D eigenvalue weighted by molar-refractivity contribution is -0.129. The Labute approximate surface area is 123 Å². The summed E-state index contributed by atoms with van der Waals surface area (Å²) in [5, 5.41) is 0.591. The minimum absolute atomic E-state index is 0.00208. The number of hydrogen-bond donors (Lipinski definition) is 0. The van der Waals surface area contributed by atoms with Crippen LogP contribution in [-0.2, 0) is 11.3 Å². The smallest absolute Gasteiger partial charge is 0.123 e. The van der Waals surface area contributed by atoms with Gasteiger partial charge in [-0.3, -0.25) is 4.90 Å². The van der Waals surface area contributed by atoms with E-state index >= 15 is 0 Å². The molecule has 1 aromatic carbocycles. The first-order valence-electron chi connectivity index (χ1n) is 6.30. The zero-order valence-corrected chi connectivity index (χ0v) is 12.6. The highest BCUT2D eigenvalue weighted by Gasteiger charge is 2.33. The predicted molar refractivity (Wildman–Crippen MR) is 76.4 cm³/mol. The van der Waals surface area contributed by atoms with Gasteiger partial charge in [-0.1, -0.05) is 11.6 Å². The summed E-state index contributed by atoms with van der Waals surface area (Å²) in [4.78, 5) is 2.21. The highest BCUT2D eigenvalue weighted by Crippen LogP contribution is 2.25. The van der Waals surface area contributed by atoms with Crippen molar-refractivity contribution in [2.45, 2.75) is 32.1 Å². The highest BCUT2D eigenvalue weighted by molar-refractivity contribution is 6.31. The Morgan fingerprint density at radius 3 is 2.89 bits per heavy atom. The van der Waals surface area contributed by atoms with Gasteiger partial charge < -0.3 is 4.74 Å². The fourth-order valence-electron chi connectivity index (χ4n) is 2.52. The van der Waals surface area contributed by atoms with Gasteiger partial charge in [0.1, 0.15) is 5.82 Å². The first kappa shape index (κ1) is 15.0. The van der Waals surface area contributed by atoms with Crippen LogP contribution in [0.15, 0.2) is 18.2 Å². The summed E-state index contributed by atoms with van der Waals surface area (Å²) in [6.45, 7) is 6.18. The molecule has 0 bridgehead atoms. The Kier molecular flexibility index (Phi) is 4.72. The average Bonchev–Trinajstić information content (AvgIpc) is 2.32. The number of halogens is 3. The molecule has 1 saturated heterocycles. The van der Waals surface area contributed by atoms with Crippen LogP contribution in [0.4, 0.5) is 4.39 Å². The van der Waals surface area contributed by atoms with Crippen molar-refractivity contribution in [2.75, 3.05) is 19.0 Å². The lowest BCUT2D eigenvalue weighted by atomic mass is 10.0. The summed E-state index contributed by atoms with van der Waals surface area (Å²) in [6, 6.07) is 4.45. The Morgan fingerprint density at radius 1 is 1.47 bits per heavy atom. The van der Waals surface area contributed by atoms with Gasteiger partial charge in [-0.05, 0) is 37.6 Å². The Bertz CT molecular complexity index is 453. The van der Waals surface area contributed by atoms with Crippen molar-refractivity contribution in [2.24, 2.45) is 0 Å². The van der Waals surface area contributed by atoms with Crippen LogP contribution in [0.1, 0.15) is 19.4 Å². The molecule has 1 heterocycles. The molecule has 0 aliphatic carbocycles. The summed E-state index contributed by atoms with van der Waals surface area (Å²) in [6.07, 6.45) is -0.00208. The predicted octanol–water partition coefficient (Wildman–Crippen LogP) is 3.70. The number of rotatable bonds is 3. The minimum atomic E-state index is -0.263. The van der Waals surface area contributed by atoms with Crippen molar-refractivity contribution >= 4 is 23.2 Å². The lowest BCUT2D eigenvalue weighted by Gasteiger charge is -2.42. The monoisotopic (exact) mass is 305 g/mol. The van der Waals surface area contributed by atoms with Crippen LogP contribution in [0.25, 0.3) is 0 Å². The molecule has 1 aliphatic heterocycles. The van der Waals surface area contributed by atoms with Crippen molar-refractivity contribution in [1.82, 2.24) is 4.90 Å². The van der Waals surface area contributed by atoms with Crippen LogP contribution in [0, 0.1) is 5.82 Å². The van der Waals surface area contributed by atoms with E-state index in [0.29, 0.717) is 17.4 Å². The number of nitrogens with zero attached hydrogens (tertiary/aromatic N) is 1. The SMILES string of the molecule is CC1(C)CN(Cc2cc(F)ccc2Cl)CC(CCl)O1. The first-order chi connectivity index (χ1) is 8.89. The normalized spacial score (nSPS) is 23.5. The molecule has 0 amide bonds. The highest BCUT2D eigenvalue weighted by atomic mass is 35.5. The van der Waals surface area contributed by atoms with Gasteiger partial charge in [-0.2, -0.15) is 0 Å². The molecular formula is C14H18Cl2FNO. The maximum absolute atomic E-state index is 13.3. The molecule has 0 spiro atoms. The van der Waals surface area contributed by atoms with Crippen LogP contribution >= 0.6 is 23.2 Å². The molecule has 1 aliphatic rings. The Balaban J connectivity index is 2.11. The van der Waals surface area contributed by atoms with Crippen molar-refractivity contribution in [1.29, 1.82) is 0 Å². The van der Waals surface area contributed by atoms with Crippen molar-refractivity contribution in [3.8, 4) is 0 Å². The summed E-state index contributed by atoms with van der Waals surface area (Å²) in [7, 11) is 0. The van der Waals surface area contributed by atoms with E-state index in [1.165, 1.54) is 12.1 Å². The van der Waals surface area contributed by atoms with Gasteiger partial charge in [0.25, 0.3) is 0 Å². The van der Waals surface area contributed by atoms with Gasteiger partial charge in [-0.25, -0.2) is 4.39 Å². The number of hydrogen-bond acceptors (Lipinski definition) is 2. The van der Waals surface area contributed by atoms with E-state index in [0.717, 1.165) is 18.7 Å². The second kappa shape index (κ2) is 5.96. The van der Waals surface area contributed by atoms with E-state index in [1.54, 1.807) is 6.07 Å². The molecule has 0 N–H and O–H groups in total. The summed E-state index contributed by atoms with van der Waals surface area (Å²) < 4.78 is 19.1. The van der Waals surface area contributed by atoms with Crippen LogP contribution < -0.4 is 0 Å². The van der Waals surface area contributed by atoms with Gasteiger partial charge >= 0.3 is 0 Å². The number of benzene rings is 1. The fraction of sp³-hybridized carbons (Fsp3) is 0.571. The van der Waals surface area contributed by atoms with Gasteiger partial charge in [0.2, 0.25) is 0 Å². The molecule has 106 valence electrons. The molecule has 0 saturated carbocycles. The van der Waals surface area contributed by atoms with Crippen molar-refractivity contribution < 1.29 is 9.13 Å². The standard InChI is InChI=1S/C14H18Cl2FNO/c1-14(2)9-18(8-12(6-15)19-14)7-10-5-11(17)3-4-13(10)16/h3-5,12H,6-9H2,1-2H3. The molecule has 1 atom stereocenters. The third kappa shape index (κ3) is 4.06. The average molecular weight is 306 g/mol. The van der Waals surface area contributed by atoms with E-state index in [2.05, 4.69) is 4.90 Å². The second-order valence-corrected chi connectivity index (χ2v) is 6.28. The zero-order chi connectivity index (χ0) is 14.0. The topological polar surface area (TPSA) is 12.5 Å². The number of ether oxygens (including phenoxy) is 1. The van der Waals surface area contributed by atoms with E-state index in [1.807, 2.05) is 13.8 Å². The Hall–Kier alpha value is -0.350. The van der Waals surface area contributed by atoms with Crippen LogP contribution in [0.5, 0.6) is 0 Å². The number of alkyl halides is 1. The van der Waals surface area contributed by atoms with Crippen LogP contribution in [-0.4, -0.2) is 35.6 Å². The van der Waals surface area contributed by atoms with Gasteiger partial charge in [-0.15, -0.1) is 11.6 Å². The number of morpholine rings is 1. The van der Waals surface area contributed by atoms with Crippen LogP contribution in [0.3, 0.4) is 0 Å². The maximum Gasteiger partial charge on any atom is 0.123 e.